The van der Waals surface area contributed by atoms with Gasteiger partial charge in [-0.3, -0.25) is 4.79 Å². The number of carbonyl (C=O) groups excluding carboxylic acids is 1. The SMILES string of the molecule is C[C@@H]([C@H]1CC[C@H]2[C@@H]3CC4(OCCO4)[C@H]4C[C@@H]5OC(C)(C)O[C@@H]5C[C@]4(C)[C@H]3CC[C@]12C)[C@H]1OC(O)C=CC1=O. The number of aliphatic hydroxyl groups excluding tert-OH is 1. The lowest BCUT2D eigenvalue weighted by atomic mass is 9.42. The smallest absolute Gasteiger partial charge is 0.184 e. The van der Waals surface area contributed by atoms with Crippen LogP contribution in [0.25, 0.3) is 0 Å². The second-order valence-electron chi connectivity index (χ2n) is 14.6. The third-order valence-electron chi connectivity index (χ3n) is 12.5. The molecule has 4 saturated carbocycles. The van der Waals surface area contributed by atoms with Gasteiger partial charge in [-0.2, -0.15) is 0 Å². The van der Waals surface area contributed by atoms with Gasteiger partial charge < -0.3 is 28.8 Å². The van der Waals surface area contributed by atoms with Gasteiger partial charge in [-0.25, -0.2) is 0 Å². The van der Waals surface area contributed by atoms with Crippen molar-refractivity contribution in [3.05, 3.63) is 12.2 Å². The maximum Gasteiger partial charge on any atom is 0.184 e. The summed E-state index contributed by atoms with van der Waals surface area (Å²) in [4.78, 5) is 12.8. The monoisotopic (exact) mass is 530 g/mol. The van der Waals surface area contributed by atoms with E-state index in [0.717, 1.165) is 25.7 Å². The van der Waals surface area contributed by atoms with Crippen molar-refractivity contribution in [1.82, 2.24) is 0 Å². The summed E-state index contributed by atoms with van der Waals surface area (Å²) in [7, 11) is 0. The van der Waals surface area contributed by atoms with Crippen LogP contribution in [0.4, 0.5) is 0 Å². The van der Waals surface area contributed by atoms with E-state index < -0.39 is 24.0 Å². The van der Waals surface area contributed by atoms with Crippen molar-refractivity contribution in [3.8, 4) is 0 Å². The topological polar surface area (TPSA) is 83.5 Å². The molecule has 3 aliphatic heterocycles. The number of hydrogen-bond donors (Lipinski definition) is 1. The third kappa shape index (κ3) is 3.64. The van der Waals surface area contributed by atoms with E-state index in [9.17, 15) is 9.90 Å². The Balaban J connectivity index is 1.20. The molecule has 7 heteroatoms. The predicted molar refractivity (Wildman–Crippen MR) is 139 cm³/mol. The van der Waals surface area contributed by atoms with E-state index in [4.69, 9.17) is 23.7 Å². The van der Waals surface area contributed by atoms with E-state index in [-0.39, 0.29) is 34.7 Å². The minimum atomic E-state index is -0.991. The normalized spacial score (nSPS) is 53.3. The van der Waals surface area contributed by atoms with Gasteiger partial charge in [0.1, 0.15) is 6.10 Å². The zero-order valence-corrected chi connectivity index (χ0v) is 23.7. The highest BCUT2D eigenvalue weighted by molar-refractivity contribution is 5.94. The lowest BCUT2D eigenvalue weighted by molar-refractivity contribution is -0.301. The number of aliphatic hydroxyl groups is 1. The third-order valence-corrected chi connectivity index (χ3v) is 12.5. The van der Waals surface area contributed by atoms with Crippen LogP contribution < -0.4 is 0 Å². The Bertz CT molecular complexity index is 1000. The Morgan fingerprint density at radius 2 is 1.66 bits per heavy atom. The van der Waals surface area contributed by atoms with E-state index >= 15 is 0 Å². The standard InChI is InChI=1S/C31H46O7/c1-17(27-22(32)8-9-26(33)36-27)19-6-7-20-18-15-31(34-12-13-35-31)25-14-23-24(38-28(2,3)37-23)16-30(25,5)21(18)10-11-29(19,20)4/h8-9,17-21,23-27,33H,6-7,10-16H2,1-5H3/t17-,18-,19+,20-,21-,23-,24+,25-,26?,27+,29+,30+/m0/s1. The Hall–Kier alpha value is -0.830. The fourth-order valence-corrected chi connectivity index (χ4v) is 11.1. The molecule has 7 aliphatic rings. The van der Waals surface area contributed by atoms with Crippen LogP contribution in [0.15, 0.2) is 12.2 Å². The van der Waals surface area contributed by atoms with Crippen molar-refractivity contribution in [2.45, 2.75) is 116 Å². The second-order valence-corrected chi connectivity index (χ2v) is 14.6. The fourth-order valence-electron chi connectivity index (χ4n) is 11.1. The first kappa shape index (κ1) is 26.1. The molecule has 0 aromatic rings. The van der Waals surface area contributed by atoms with Crippen LogP contribution in [0.2, 0.25) is 0 Å². The van der Waals surface area contributed by atoms with Crippen molar-refractivity contribution in [2.24, 2.45) is 46.3 Å². The summed E-state index contributed by atoms with van der Waals surface area (Å²) >= 11 is 0. The highest BCUT2D eigenvalue weighted by Crippen LogP contribution is 2.71. The first-order valence-electron chi connectivity index (χ1n) is 15.1. The lowest BCUT2D eigenvalue weighted by Crippen LogP contribution is -2.65. The summed E-state index contributed by atoms with van der Waals surface area (Å²) in [5, 5.41) is 10.1. The van der Waals surface area contributed by atoms with Crippen molar-refractivity contribution in [1.29, 1.82) is 0 Å². The number of ketones is 1. The van der Waals surface area contributed by atoms with Gasteiger partial charge in [-0.05, 0) is 105 Å². The highest BCUT2D eigenvalue weighted by Gasteiger charge is 2.70. The average molecular weight is 531 g/mol. The van der Waals surface area contributed by atoms with Crippen molar-refractivity contribution in [3.63, 3.8) is 0 Å². The molecular weight excluding hydrogens is 484 g/mol. The molecule has 0 amide bonds. The summed E-state index contributed by atoms with van der Waals surface area (Å²) in [5.74, 6) is 1.35. The molecule has 0 aromatic carbocycles. The van der Waals surface area contributed by atoms with Crippen molar-refractivity contribution >= 4 is 5.78 Å². The molecule has 0 bridgehead atoms. The Morgan fingerprint density at radius 1 is 0.947 bits per heavy atom. The average Bonchev–Trinajstić information content (AvgIpc) is 3.53. The first-order valence-corrected chi connectivity index (χ1v) is 15.1. The number of ether oxygens (including phenoxy) is 5. The zero-order valence-electron chi connectivity index (χ0n) is 23.7. The highest BCUT2D eigenvalue weighted by atomic mass is 16.8. The molecule has 1 N–H and O–H groups in total. The van der Waals surface area contributed by atoms with Gasteiger partial charge in [-0.1, -0.05) is 20.8 Å². The van der Waals surface area contributed by atoms with Crippen LogP contribution >= 0.6 is 0 Å². The Labute approximate surface area is 226 Å². The summed E-state index contributed by atoms with van der Waals surface area (Å²) in [6.07, 6.45) is 9.15. The Morgan fingerprint density at radius 3 is 2.42 bits per heavy atom. The van der Waals surface area contributed by atoms with E-state index in [0.29, 0.717) is 42.8 Å². The molecule has 1 unspecified atom stereocenters. The maximum absolute atomic E-state index is 12.8. The molecule has 0 radical (unpaired) electrons. The van der Waals surface area contributed by atoms with Gasteiger partial charge in [0.2, 0.25) is 0 Å². The fraction of sp³-hybridized carbons (Fsp3) is 0.903. The van der Waals surface area contributed by atoms with Crippen LogP contribution in [0.3, 0.4) is 0 Å². The number of rotatable bonds is 2. The molecule has 3 heterocycles. The predicted octanol–water partition coefficient (Wildman–Crippen LogP) is 4.61. The summed E-state index contributed by atoms with van der Waals surface area (Å²) < 4.78 is 31.9. The summed E-state index contributed by atoms with van der Waals surface area (Å²) in [5.41, 5.74) is 0.200. The van der Waals surface area contributed by atoms with Gasteiger partial charge >= 0.3 is 0 Å². The van der Waals surface area contributed by atoms with E-state index in [1.807, 2.05) is 13.8 Å². The maximum atomic E-state index is 12.8. The van der Waals surface area contributed by atoms with E-state index in [1.165, 1.54) is 31.4 Å². The van der Waals surface area contributed by atoms with Crippen LogP contribution in [-0.2, 0) is 28.5 Å². The quantitative estimate of drug-likeness (QED) is 0.558. The molecule has 212 valence electrons. The lowest BCUT2D eigenvalue weighted by Gasteiger charge is -2.65. The molecular formula is C31H46O7. The van der Waals surface area contributed by atoms with Crippen molar-refractivity contribution in [2.75, 3.05) is 13.2 Å². The summed E-state index contributed by atoms with van der Waals surface area (Å²) in [6.45, 7) is 12.6. The number of carbonyl (C=O) groups is 1. The van der Waals surface area contributed by atoms with Gasteiger partial charge in [0, 0.05) is 12.3 Å². The summed E-state index contributed by atoms with van der Waals surface area (Å²) in [6, 6.07) is 0. The van der Waals surface area contributed by atoms with Crippen LogP contribution in [0, 0.1) is 46.3 Å². The Kier molecular flexibility index (Phi) is 5.90. The number of fused-ring (bicyclic) bond motifs is 7. The van der Waals surface area contributed by atoms with E-state index in [1.54, 1.807) is 0 Å². The van der Waals surface area contributed by atoms with Crippen LogP contribution in [0.5, 0.6) is 0 Å². The molecule has 7 nitrogen and oxygen atoms in total. The molecule has 38 heavy (non-hydrogen) atoms. The molecule has 7 rings (SSSR count). The zero-order chi connectivity index (χ0) is 26.7. The minimum absolute atomic E-state index is 0.0123. The molecule has 1 spiro atoms. The van der Waals surface area contributed by atoms with Crippen LogP contribution in [-0.4, -0.2) is 60.3 Å². The largest absolute Gasteiger partial charge is 0.365 e. The molecule has 2 saturated heterocycles. The number of hydrogen-bond acceptors (Lipinski definition) is 7. The molecule has 6 fully saturated rings. The minimum Gasteiger partial charge on any atom is -0.365 e. The molecule has 4 aliphatic carbocycles. The second kappa shape index (κ2) is 8.59. The van der Waals surface area contributed by atoms with Crippen LogP contribution in [0.1, 0.15) is 79.6 Å². The van der Waals surface area contributed by atoms with Gasteiger partial charge in [-0.15, -0.1) is 0 Å². The first-order chi connectivity index (χ1) is 18.0. The van der Waals surface area contributed by atoms with E-state index in [2.05, 4.69) is 20.8 Å². The van der Waals surface area contributed by atoms with Gasteiger partial charge in [0.15, 0.2) is 23.6 Å². The van der Waals surface area contributed by atoms with Crippen molar-refractivity contribution < 1.29 is 33.6 Å². The molecule has 0 aromatic heterocycles. The van der Waals surface area contributed by atoms with Gasteiger partial charge in [0.25, 0.3) is 0 Å². The van der Waals surface area contributed by atoms with Gasteiger partial charge in [0.05, 0.1) is 25.4 Å². The molecule has 12 atom stereocenters.